The molecule has 0 unspecified atom stereocenters. The number of aromatic nitrogens is 3. The van der Waals surface area contributed by atoms with E-state index in [1.165, 1.54) is 10.5 Å². The Morgan fingerprint density at radius 2 is 2.08 bits per heavy atom. The Kier molecular flexibility index (Phi) is 5.27. The number of hydrogen-bond donors (Lipinski definition) is 0. The van der Waals surface area contributed by atoms with Crippen molar-refractivity contribution >= 4 is 22.6 Å². The van der Waals surface area contributed by atoms with Crippen LogP contribution in [0.15, 0.2) is 52.4 Å². The van der Waals surface area contributed by atoms with Crippen molar-refractivity contribution in [1.29, 1.82) is 5.26 Å². The van der Waals surface area contributed by atoms with Gasteiger partial charge in [-0.05, 0) is 55.7 Å². The first-order chi connectivity index (χ1) is 17.5. The number of hydrogen-bond acceptors (Lipinski definition) is 7. The van der Waals surface area contributed by atoms with Gasteiger partial charge in [0.2, 0.25) is 6.79 Å². The second-order valence-electron chi connectivity index (χ2n) is 8.76. The van der Waals surface area contributed by atoms with Crippen molar-refractivity contribution in [1.82, 2.24) is 14.0 Å². The van der Waals surface area contributed by atoms with Crippen LogP contribution in [0.25, 0.3) is 16.7 Å². The van der Waals surface area contributed by atoms with Crippen LogP contribution in [0.2, 0.25) is 0 Å². The first kappa shape index (κ1) is 22.0. The smallest absolute Gasteiger partial charge is 0.279 e. The molecule has 10 heteroatoms. The van der Waals surface area contributed by atoms with Gasteiger partial charge >= 0.3 is 0 Å². The molecule has 3 aromatic heterocycles. The molecule has 180 valence electrons. The number of pyridine rings is 2. The summed E-state index contributed by atoms with van der Waals surface area (Å²) in [6.07, 6.45) is 3.21. The SMILES string of the molecule is Cc1cccn2c(=O)c3cc(C#N)c(=NC(=O)c4ccc5c(c4)OCO5)n(C[C@H]4CCCO4)c3nc12. The predicted octanol–water partition coefficient (Wildman–Crippen LogP) is 2.48. The summed E-state index contributed by atoms with van der Waals surface area (Å²) < 4.78 is 19.7. The summed E-state index contributed by atoms with van der Waals surface area (Å²) in [6, 6.07) is 12.0. The van der Waals surface area contributed by atoms with Crippen molar-refractivity contribution in [2.24, 2.45) is 4.99 Å². The highest BCUT2D eigenvalue weighted by Crippen LogP contribution is 2.32. The zero-order valence-corrected chi connectivity index (χ0v) is 19.4. The van der Waals surface area contributed by atoms with E-state index in [2.05, 4.69) is 11.1 Å². The highest BCUT2D eigenvalue weighted by Gasteiger charge is 2.22. The molecule has 2 aliphatic heterocycles. The van der Waals surface area contributed by atoms with Crippen molar-refractivity contribution in [3.63, 3.8) is 0 Å². The first-order valence-corrected chi connectivity index (χ1v) is 11.6. The fraction of sp³-hybridized carbons (Fsp3) is 0.269. The van der Waals surface area contributed by atoms with Gasteiger partial charge < -0.3 is 18.8 Å². The van der Waals surface area contributed by atoms with Gasteiger partial charge in [-0.1, -0.05) is 6.07 Å². The molecule has 1 aromatic carbocycles. The number of fused-ring (bicyclic) bond motifs is 3. The lowest BCUT2D eigenvalue weighted by Crippen LogP contribution is -2.33. The molecular weight excluding hydrogens is 462 g/mol. The van der Waals surface area contributed by atoms with Crippen molar-refractivity contribution in [3.8, 4) is 17.6 Å². The average Bonchev–Trinajstić information content (AvgIpc) is 3.57. The van der Waals surface area contributed by atoms with Crippen molar-refractivity contribution in [2.75, 3.05) is 13.4 Å². The number of benzene rings is 1. The lowest BCUT2D eigenvalue weighted by molar-refractivity contribution is 0.0952. The number of rotatable bonds is 3. The van der Waals surface area contributed by atoms with Crippen LogP contribution in [0.3, 0.4) is 0 Å². The van der Waals surface area contributed by atoms with Gasteiger partial charge in [-0.2, -0.15) is 10.3 Å². The number of nitrogens with zero attached hydrogens (tertiary/aromatic N) is 5. The van der Waals surface area contributed by atoms with Crippen LogP contribution in [-0.4, -0.2) is 39.4 Å². The largest absolute Gasteiger partial charge is 0.454 e. The first-order valence-electron chi connectivity index (χ1n) is 11.6. The van der Waals surface area contributed by atoms with Crippen LogP contribution in [0.5, 0.6) is 11.5 Å². The minimum atomic E-state index is -0.557. The number of aryl methyl sites for hydroxylation is 1. The molecule has 1 fully saturated rings. The maximum atomic E-state index is 13.4. The topological polar surface area (TPSA) is 120 Å². The van der Waals surface area contributed by atoms with Crippen LogP contribution in [0.1, 0.15) is 34.3 Å². The van der Waals surface area contributed by atoms with Crippen LogP contribution >= 0.6 is 0 Å². The summed E-state index contributed by atoms with van der Waals surface area (Å²) in [7, 11) is 0. The third kappa shape index (κ3) is 3.61. The van der Waals surface area contributed by atoms with Gasteiger partial charge in [0, 0.05) is 18.4 Å². The maximum Gasteiger partial charge on any atom is 0.279 e. The average molecular weight is 483 g/mol. The van der Waals surface area contributed by atoms with Crippen molar-refractivity contribution in [3.05, 3.63) is 75.1 Å². The summed E-state index contributed by atoms with van der Waals surface area (Å²) in [6.45, 7) is 2.88. The second kappa shape index (κ2) is 8.62. The second-order valence-corrected chi connectivity index (χ2v) is 8.76. The van der Waals surface area contributed by atoms with E-state index < -0.39 is 5.91 Å². The fourth-order valence-corrected chi connectivity index (χ4v) is 4.65. The molecule has 6 rings (SSSR count). The molecule has 0 N–H and O–H groups in total. The lowest BCUT2D eigenvalue weighted by Gasteiger charge is -2.17. The van der Waals surface area contributed by atoms with Gasteiger partial charge in [0.05, 0.1) is 23.6 Å². The Labute approximate surface area is 204 Å². The zero-order valence-electron chi connectivity index (χ0n) is 19.4. The molecule has 0 radical (unpaired) electrons. The van der Waals surface area contributed by atoms with E-state index in [0.29, 0.717) is 35.9 Å². The van der Waals surface area contributed by atoms with Gasteiger partial charge in [-0.15, -0.1) is 0 Å². The minimum absolute atomic E-state index is 0.0867. The molecule has 1 saturated heterocycles. The van der Waals surface area contributed by atoms with Crippen molar-refractivity contribution in [2.45, 2.75) is 32.4 Å². The Hall–Kier alpha value is -4.49. The standard InChI is InChI=1S/C26H21N5O5/c1-15-4-2-8-30-22(15)28-24-19(26(30)33)10-17(12-27)23(31(24)13-18-5-3-9-34-18)29-25(32)16-6-7-20-21(11-16)36-14-35-20/h2,4,6-8,10-11,18H,3,5,9,13-14H2,1H3/t18-/m1/s1. The Morgan fingerprint density at radius 3 is 2.89 bits per heavy atom. The van der Waals surface area contributed by atoms with E-state index in [1.54, 1.807) is 35.0 Å². The number of amides is 1. The van der Waals surface area contributed by atoms with Crippen LogP contribution < -0.4 is 20.5 Å². The molecule has 36 heavy (non-hydrogen) atoms. The summed E-state index contributed by atoms with van der Waals surface area (Å²) in [5.41, 5.74) is 1.88. The van der Waals surface area contributed by atoms with E-state index in [0.717, 1.165) is 18.4 Å². The number of carbonyl (C=O) groups is 1. The fourth-order valence-electron chi connectivity index (χ4n) is 4.65. The molecule has 4 aromatic rings. The van der Waals surface area contributed by atoms with E-state index in [4.69, 9.17) is 19.2 Å². The molecular formula is C26H21N5O5. The normalized spacial score (nSPS) is 17.1. The molecule has 5 heterocycles. The summed E-state index contributed by atoms with van der Waals surface area (Å²) >= 11 is 0. The Balaban J connectivity index is 1.63. The molecule has 0 spiro atoms. The zero-order chi connectivity index (χ0) is 24.8. The van der Waals surface area contributed by atoms with Crippen LogP contribution in [0, 0.1) is 18.3 Å². The van der Waals surface area contributed by atoms with Crippen LogP contribution in [-0.2, 0) is 11.3 Å². The summed E-state index contributed by atoms with van der Waals surface area (Å²) in [4.78, 5) is 35.8. The summed E-state index contributed by atoms with van der Waals surface area (Å²) in [5.74, 6) is 0.452. The van der Waals surface area contributed by atoms with Gasteiger partial charge in [0.1, 0.15) is 17.4 Å². The molecule has 10 nitrogen and oxygen atoms in total. The molecule has 1 amide bonds. The Morgan fingerprint density at radius 1 is 1.22 bits per heavy atom. The molecule has 0 aliphatic carbocycles. The third-order valence-electron chi connectivity index (χ3n) is 6.46. The van der Waals surface area contributed by atoms with E-state index in [-0.39, 0.29) is 40.5 Å². The van der Waals surface area contributed by atoms with E-state index in [1.807, 2.05) is 13.0 Å². The predicted molar refractivity (Wildman–Crippen MR) is 128 cm³/mol. The molecule has 1 atom stereocenters. The Bertz CT molecular complexity index is 1720. The van der Waals surface area contributed by atoms with Crippen molar-refractivity contribution < 1.29 is 19.0 Å². The van der Waals surface area contributed by atoms with E-state index in [9.17, 15) is 14.9 Å². The quantitative estimate of drug-likeness (QED) is 0.411. The number of nitriles is 1. The van der Waals surface area contributed by atoms with Gasteiger partial charge in [0.25, 0.3) is 11.5 Å². The third-order valence-corrected chi connectivity index (χ3v) is 6.46. The lowest BCUT2D eigenvalue weighted by atomic mass is 10.1. The van der Waals surface area contributed by atoms with E-state index >= 15 is 0 Å². The minimum Gasteiger partial charge on any atom is -0.454 e. The van der Waals surface area contributed by atoms with Gasteiger partial charge in [0.15, 0.2) is 17.0 Å². The van der Waals surface area contributed by atoms with Crippen LogP contribution in [0.4, 0.5) is 0 Å². The van der Waals surface area contributed by atoms with Gasteiger partial charge in [-0.3, -0.25) is 14.0 Å². The molecule has 0 saturated carbocycles. The van der Waals surface area contributed by atoms with Gasteiger partial charge in [-0.25, -0.2) is 4.98 Å². The monoisotopic (exact) mass is 483 g/mol. The highest BCUT2D eigenvalue weighted by molar-refractivity contribution is 5.95. The number of ether oxygens (including phenoxy) is 3. The molecule has 0 bridgehead atoms. The highest BCUT2D eigenvalue weighted by atomic mass is 16.7. The maximum absolute atomic E-state index is 13.4. The number of carbonyl (C=O) groups excluding carboxylic acids is 1. The summed E-state index contributed by atoms with van der Waals surface area (Å²) in [5, 5.41) is 10.3. The molecule has 2 aliphatic rings.